The molecule has 0 amide bonds. The minimum absolute atomic E-state index is 0.182. The van der Waals surface area contributed by atoms with Gasteiger partial charge in [0.1, 0.15) is 0 Å². The number of ether oxygens (including phenoxy) is 3. The average molecular weight is 188 g/mol. The van der Waals surface area contributed by atoms with Crippen molar-refractivity contribution in [2.24, 2.45) is 0 Å². The van der Waals surface area contributed by atoms with Gasteiger partial charge >= 0.3 is 0 Å². The molecule has 78 valence electrons. The smallest absolute Gasteiger partial charge is 0.163 e. The van der Waals surface area contributed by atoms with E-state index >= 15 is 0 Å². The number of rotatable bonds is 2. The molecular weight excluding hydrogens is 168 g/mol. The third kappa shape index (κ3) is 3.63. The van der Waals surface area contributed by atoms with Gasteiger partial charge < -0.3 is 14.2 Å². The van der Waals surface area contributed by atoms with Crippen molar-refractivity contribution in [1.82, 2.24) is 0 Å². The maximum absolute atomic E-state index is 5.67. The van der Waals surface area contributed by atoms with Crippen LogP contribution in [0.15, 0.2) is 0 Å². The summed E-state index contributed by atoms with van der Waals surface area (Å²) in [6.45, 7) is 9.31. The topological polar surface area (TPSA) is 27.7 Å². The SMILES string of the molecule is CCO[C@H]1COC(C)(C)O[C@@H](C)C1. The summed E-state index contributed by atoms with van der Waals surface area (Å²) >= 11 is 0. The molecule has 13 heavy (non-hydrogen) atoms. The molecule has 3 heteroatoms. The largest absolute Gasteiger partial charge is 0.376 e. The van der Waals surface area contributed by atoms with Crippen LogP contribution >= 0.6 is 0 Å². The van der Waals surface area contributed by atoms with Crippen molar-refractivity contribution in [2.75, 3.05) is 13.2 Å². The molecule has 1 aliphatic rings. The summed E-state index contributed by atoms with van der Waals surface area (Å²) in [4.78, 5) is 0. The van der Waals surface area contributed by atoms with Crippen LogP contribution in [-0.4, -0.2) is 31.2 Å². The van der Waals surface area contributed by atoms with E-state index in [0.29, 0.717) is 6.61 Å². The van der Waals surface area contributed by atoms with Gasteiger partial charge in [-0.25, -0.2) is 0 Å². The van der Waals surface area contributed by atoms with Gasteiger partial charge in [0.15, 0.2) is 5.79 Å². The predicted molar refractivity (Wildman–Crippen MR) is 50.6 cm³/mol. The standard InChI is InChI=1S/C10H20O3/c1-5-11-9-6-8(2)13-10(3,4)12-7-9/h8-9H,5-7H2,1-4H3/t8-,9+/m0/s1. The zero-order valence-corrected chi connectivity index (χ0v) is 9.00. The normalized spacial score (nSPS) is 34.2. The minimum Gasteiger partial charge on any atom is -0.376 e. The highest BCUT2D eigenvalue weighted by molar-refractivity contribution is 4.70. The zero-order valence-electron chi connectivity index (χ0n) is 9.00. The van der Waals surface area contributed by atoms with Crippen LogP contribution in [0.1, 0.15) is 34.1 Å². The van der Waals surface area contributed by atoms with Crippen LogP contribution in [0, 0.1) is 0 Å². The highest BCUT2D eigenvalue weighted by Gasteiger charge is 2.29. The minimum atomic E-state index is -0.467. The van der Waals surface area contributed by atoms with Crippen LogP contribution in [0.3, 0.4) is 0 Å². The van der Waals surface area contributed by atoms with Gasteiger partial charge in [-0.3, -0.25) is 0 Å². The molecule has 1 fully saturated rings. The van der Waals surface area contributed by atoms with Gasteiger partial charge in [0.05, 0.1) is 18.8 Å². The van der Waals surface area contributed by atoms with Gasteiger partial charge in [-0.1, -0.05) is 0 Å². The van der Waals surface area contributed by atoms with Gasteiger partial charge in [0.2, 0.25) is 0 Å². The molecule has 1 rings (SSSR count). The van der Waals surface area contributed by atoms with Gasteiger partial charge in [0, 0.05) is 13.0 Å². The van der Waals surface area contributed by atoms with E-state index in [1.54, 1.807) is 0 Å². The molecule has 2 atom stereocenters. The lowest BCUT2D eigenvalue weighted by Crippen LogP contribution is -2.30. The summed E-state index contributed by atoms with van der Waals surface area (Å²) in [5.74, 6) is -0.467. The Morgan fingerprint density at radius 3 is 2.77 bits per heavy atom. The highest BCUT2D eigenvalue weighted by Crippen LogP contribution is 2.22. The van der Waals surface area contributed by atoms with E-state index < -0.39 is 5.79 Å². The molecule has 0 aromatic carbocycles. The summed E-state index contributed by atoms with van der Waals surface area (Å²) < 4.78 is 16.8. The molecule has 0 saturated carbocycles. The molecule has 0 aliphatic carbocycles. The van der Waals surface area contributed by atoms with Crippen molar-refractivity contribution in [3.05, 3.63) is 0 Å². The van der Waals surface area contributed by atoms with E-state index in [2.05, 4.69) is 6.92 Å². The molecule has 1 heterocycles. The first-order valence-corrected chi connectivity index (χ1v) is 4.97. The van der Waals surface area contributed by atoms with Crippen molar-refractivity contribution in [1.29, 1.82) is 0 Å². The summed E-state index contributed by atoms with van der Waals surface area (Å²) in [5, 5.41) is 0. The summed E-state index contributed by atoms with van der Waals surface area (Å²) in [6, 6.07) is 0. The Balaban J connectivity index is 2.48. The van der Waals surface area contributed by atoms with Crippen LogP contribution in [0.2, 0.25) is 0 Å². The fourth-order valence-electron chi connectivity index (χ4n) is 1.65. The Labute approximate surface area is 80.4 Å². The summed E-state index contributed by atoms with van der Waals surface area (Å²) in [7, 11) is 0. The molecule has 0 spiro atoms. The maximum Gasteiger partial charge on any atom is 0.163 e. The van der Waals surface area contributed by atoms with Crippen molar-refractivity contribution in [3.63, 3.8) is 0 Å². The third-order valence-corrected chi connectivity index (χ3v) is 2.10. The molecule has 3 nitrogen and oxygen atoms in total. The van der Waals surface area contributed by atoms with Crippen molar-refractivity contribution in [2.45, 2.75) is 52.1 Å². The fourth-order valence-corrected chi connectivity index (χ4v) is 1.65. The van der Waals surface area contributed by atoms with Crippen molar-refractivity contribution in [3.8, 4) is 0 Å². The molecular formula is C10H20O3. The Morgan fingerprint density at radius 1 is 1.46 bits per heavy atom. The molecule has 0 unspecified atom stereocenters. The van der Waals surface area contributed by atoms with Crippen molar-refractivity contribution >= 4 is 0 Å². The zero-order chi connectivity index (χ0) is 9.90. The molecule has 1 aliphatic heterocycles. The monoisotopic (exact) mass is 188 g/mol. The van der Waals surface area contributed by atoms with Crippen LogP contribution in [-0.2, 0) is 14.2 Å². The second-order valence-corrected chi connectivity index (χ2v) is 3.95. The number of hydrogen-bond acceptors (Lipinski definition) is 3. The van der Waals surface area contributed by atoms with Crippen molar-refractivity contribution < 1.29 is 14.2 Å². The van der Waals surface area contributed by atoms with Gasteiger partial charge in [-0.05, 0) is 27.7 Å². The Hall–Kier alpha value is -0.120. The average Bonchev–Trinajstić information content (AvgIpc) is 2.10. The summed E-state index contributed by atoms with van der Waals surface area (Å²) in [6.07, 6.45) is 1.30. The first-order valence-electron chi connectivity index (χ1n) is 4.97. The van der Waals surface area contributed by atoms with E-state index in [-0.39, 0.29) is 12.2 Å². The predicted octanol–water partition coefficient (Wildman–Crippen LogP) is 1.95. The molecule has 0 aromatic heterocycles. The highest BCUT2D eigenvalue weighted by atomic mass is 16.7. The van der Waals surface area contributed by atoms with Crippen LogP contribution in [0.5, 0.6) is 0 Å². The van der Waals surface area contributed by atoms with Crippen LogP contribution in [0.4, 0.5) is 0 Å². The lowest BCUT2D eigenvalue weighted by atomic mass is 10.2. The second-order valence-electron chi connectivity index (χ2n) is 3.95. The Bertz CT molecular complexity index is 156. The third-order valence-electron chi connectivity index (χ3n) is 2.10. The number of hydrogen-bond donors (Lipinski definition) is 0. The molecule has 0 bridgehead atoms. The molecule has 0 aromatic rings. The van der Waals surface area contributed by atoms with E-state index in [0.717, 1.165) is 13.0 Å². The van der Waals surface area contributed by atoms with E-state index in [9.17, 15) is 0 Å². The second kappa shape index (κ2) is 4.40. The van der Waals surface area contributed by atoms with E-state index in [1.807, 2.05) is 20.8 Å². The first-order chi connectivity index (χ1) is 6.03. The maximum atomic E-state index is 5.67. The first kappa shape index (κ1) is 11.0. The van der Waals surface area contributed by atoms with E-state index in [1.165, 1.54) is 0 Å². The fraction of sp³-hybridized carbons (Fsp3) is 1.00. The Morgan fingerprint density at radius 2 is 2.15 bits per heavy atom. The van der Waals surface area contributed by atoms with Gasteiger partial charge in [-0.2, -0.15) is 0 Å². The van der Waals surface area contributed by atoms with Crippen LogP contribution < -0.4 is 0 Å². The van der Waals surface area contributed by atoms with Crippen LogP contribution in [0.25, 0.3) is 0 Å². The molecule has 0 radical (unpaired) electrons. The molecule has 0 N–H and O–H groups in total. The quantitative estimate of drug-likeness (QED) is 0.663. The van der Waals surface area contributed by atoms with E-state index in [4.69, 9.17) is 14.2 Å². The van der Waals surface area contributed by atoms with Gasteiger partial charge in [0.25, 0.3) is 0 Å². The lowest BCUT2D eigenvalue weighted by molar-refractivity contribution is -0.221. The summed E-state index contributed by atoms with van der Waals surface area (Å²) in [5.41, 5.74) is 0. The van der Waals surface area contributed by atoms with Gasteiger partial charge in [-0.15, -0.1) is 0 Å². The lowest BCUT2D eigenvalue weighted by Gasteiger charge is -2.25. The molecule has 1 saturated heterocycles. The Kier molecular flexibility index (Phi) is 3.71.